The first-order valence-electron chi connectivity index (χ1n) is 11.2. The van der Waals surface area contributed by atoms with Crippen molar-refractivity contribution in [3.8, 4) is 0 Å². The molecule has 0 radical (unpaired) electrons. The van der Waals surface area contributed by atoms with Crippen molar-refractivity contribution < 1.29 is 19.4 Å². The van der Waals surface area contributed by atoms with Gasteiger partial charge in [-0.05, 0) is 58.8 Å². The molecule has 2 aromatic heterocycles. The van der Waals surface area contributed by atoms with Crippen molar-refractivity contribution in [1.29, 1.82) is 0 Å². The number of nitrogens with one attached hydrogen (secondary N) is 3. The molecule has 2 aromatic rings. The molecule has 2 aliphatic carbocycles. The lowest BCUT2D eigenvalue weighted by Gasteiger charge is -2.33. The van der Waals surface area contributed by atoms with Gasteiger partial charge >= 0.3 is 6.09 Å². The summed E-state index contributed by atoms with van der Waals surface area (Å²) >= 11 is 1.51. The summed E-state index contributed by atoms with van der Waals surface area (Å²) in [5, 5.41) is 24.0. The van der Waals surface area contributed by atoms with Crippen LogP contribution in [-0.4, -0.2) is 50.0 Å². The molecular weight excluding hydrogens is 430 g/mol. The molecule has 0 bridgehead atoms. The number of ether oxygens (including phenoxy) is 1. The van der Waals surface area contributed by atoms with Crippen LogP contribution in [0, 0.1) is 6.92 Å². The van der Waals surface area contributed by atoms with E-state index in [9.17, 15) is 14.7 Å². The Kier molecular flexibility index (Phi) is 6.80. The highest BCUT2D eigenvalue weighted by atomic mass is 32.1. The average Bonchev–Trinajstić information content (AvgIpc) is 3.45. The van der Waals surface area contributed by atoms with Crippen molar-refractivity contribution >= 4 is 29.2 Å². The lowest BCUT2D eigenvalue weighted by molar-refractivity contribution is -0.115. The van der Waals surface area contributed by atoms with Gasteiger partial charge in [0.15, 0.2) is 5.82 Å². The molecule has 0 saturated heterocycles. The lowest BCUT2D eigenvalue weighted by Crippen LogP contribution is -2.43. The second-order valence-corrected chi connectivity index (χ2v) is 10.6. The quantitative estimate of drug-likeness (QED) is 0.522. The Morgan fingerprint density at radius 1 is 1.31 bits per heavy atom. The third kappa shape index (κ3) is 6.07. The van der Waals surface area contributed by atoms with Crippen LogP contribution in [0.2, 0.25) is 0 Å². The largest absolute Gasteiger partial charge is 0.446 e. The van der Waals surface area contributed by atoms with Gasteiger partial charge in [0.25, 0.3) is 0 Å². The van der Waals surface area contributed by atoms with E-state index in [4.69, 9.17) is 4.74 Å². The Hall–Kier alpha value is -2.46. The normalized spacial score (nSPS) is 27.8. The minimum absolute atomic E-state index is 0.0626. The molecule has 10 heteroatoms. The van der Waals surface area contributed by atoms with Crippen molar-refractivity contribution in [2.75, 3.05) is 5.32 Å². The summed E-state index contributed by atoms with van der Waals surface area (Å²) in [5.74, 6) is 0.585. The predicted molar refractivity (Wildman–Crippen MR) is 121 cm³/mol. The lowest BCUT2D eigenvalue weighted by atomic mass is 9.84. The van der Waals surface area contributed by atoms with E-state index in [1.54, 1.807) is 6.20 Å². The van der Waals surface area contributed by atoms with Crippen molar-refractivity contribution in [3.63, 3.8) is 0 Å². The van der Waals surface area contributed by atoms with Crippen LogP contribution >= 0.6 is 11.3 Å². The van der Waals surface area contributed by atoms with E-state index in [1.165, 1.54) is 11.3 Å². The molecule has 4 rings (SSSR count). The number of carbonyl (C=O) groups excluding carboxylic acids is 2. The maximum Gasteiger partial charge on any atom is 0.407 e. The van der Waals surface area contributed by atoms with Crippen LogP contribution in [0.4, 0.5) is 10.6 Å². The third-order valence-electron chi connectivity index (χ3n) is 6.35. The number of thiazole rings is 1. The average molecular weight is 462 g/mol. The Balaban J connectivity index is 1.21. The zero-order valence-electron chi connectivity index (χ0n) is 18.5. The number of alkyl carbamates (subject to hydrolysis) is 1. The first kappa shape index (κ1) is 22.7. The minimum atomic E-state index is -0.622. The van der Waals surface area contributed by atoms with Crippen LogP contribution in [0.25, 0.3) is 0 Å². The topological polar surface area (TPSA) is 129 Å². The van der Waals surface area contributed by atoms with Crippen molar-refractivity contribution in [1.82, 2.24) is 20.5 Å². The molecule has 2 amide bonds. The number of aromatic amines is 1. The molecule has 32 heavy (non-hydrogen) atoms. The van der Waals surface area contributed by atoms with Crippen LogP contribution in [0.15, 0.2) is 12.3 Å². The molecule has 0 spiro atoms. The van der Waals surface area contributed by atoms with Gasteiger partial charge < -0.3 is 20.5 Å². The molecule has 9 nitrogen and oxygen atoms in total. The number of aliphatic hydroxyl groups is 1. The second-order valence-electron chi connectivity index (χ2n) is 9.23. The van der Waals surface area contributed by atoms with Crippen LogP contribution in [0.5, 0.6) is 0 Å². The fraction of sp³-hybridized carbons (Fsp3) is 0.636. The van der Waals surface area contributed by atoms with Gasteiger partial charge in [-0.1, -0.05) is 0 Å². The molecule has 174 valence electrons. The number of hydrogen-bond acceptors (Lipinski definition) is 7. The van der Waals surface area contributed by atoms with E-state index in [1.807, 2.05) is 19.9 Å². The molecule has 1 unspecified atom stereocenters. The highest BCUT2D eigenvalue weighted by Gasteiger charge is 2.32. The summed E-state index contributed by atoms with van der Waals surface area (Å²) in [6.07, 6.45) is 6.80. The van der Waals surface area contributed by atoms with Crippen LogP contribution in [0.3, 0.4) is 0 Å². The molecule has 2 aliphatic rings. The predicted octanol–water partition coefficient (Wildman–Crippen LogP) is 3.41. The van der Waals surface area contributed by atoms with Gasteiger partial charge in [0.1, 0.15) is 6.10 Å². The van der Waals surface area contributed by atoms with Gasteiger partial charge in [-0.25, -0.2) is 9.78 Å². The fourth-order valence-corrected chi connectivity index (χ4v) is 5.30. The van der Waals surface area contributed by atoms with Crippen LogP contribution < -0.4 is 10.6 Å². The summed E-state index contributed by atoms with van der Waals surface area (Å²) in [6, 6.07) is 1.92. The van der Waals surface area contributed by atoms with Crippen LogP contribution in [0.1, 0.15) is 73.4 Å². The summed E-state index contributed by atoms with van der Waals surface area (Å²) in [7, 11) is 0. The number of hydrogen-bond donors (Lipinski definition) is 4. The smallest absolute Gasteiger partial charge is 0.407 e. The zero-order valence-corrected chi connectivity index (χ0v) is 19.3. The third-order valence-corrected chi connectivity index (χ3v) is 7.26. The summed E-state index contributed by atoms with van der Waals surface area (Å²) in [5.41, 5.74) is 0.318. The van der Waals surface area contributed by atoms with E-state index in [2.05, 4.69) is 25.8 Å². The van der Waals surface area contributed by atoms with E-state index in [0.717, 1.165) is 47.7 Å². The molecular formula is C22H31N5O4S. The summed E-state index contributed by atoms with van der Waals surface area (Å²) < 4.78 is 5.64. The summed E-state index contributed by atoms with van der Waals surface area (Å²) in [4.78, 5) is 29.6. The molecule has 4 N–H and O–H groups in total. The molecule has 2 fully saturated rings. The molecule has 0 aliphatic heterocycles. The Labute approximate surface area is 191 Å². The van der Waals surface area contributed by atoms with Crippen molar-refractivity contribution in [2.24, 2.45) is 0 Å². The Morgan fingerprint density at radius 3 is 2.81 bits per heavy atom. The SMILES string of the molecule is Cc1ncc(CC(=O)Nc2cc([C@@H]3CCC(OC(=O)N[C@H]4CC[C@@](C)(O)CC4)C3)[nH]n2)s1. The van der Waals surface area contributed by atoms with Gasteiger partial charge in [0, 0.05) is 34.8 Å². The number of aryl methyl sites for hydroxylation is 1. The van der Waals surface area contributed by atoms with E-state index >= 15 is 0 Å². The highest BCUT2D eigenvalue weighted by molar-refractivity contribution is 7.11. The Morgan fingerprint density at radius 2 is 2.09 bits per heavy atom. The summed E-state index contributed by atoms with van der Waals surface area (Å²) in [6.45, 7) is 3.75. The van der Waals surface area contributed by atoms with Crippen molar-refractivity contribution in [2.45, 2.75) is 88.9 Å². The van der Waals surface area contributed by atoms with E-state index < -0.39 is 5.60 Å². The van der Waals surface area contributed by atoms with E-state index in [-0.39, 0.29) is 36.5 Å². The first-order chi connectivity index (χ1) is 15.3. The number of anilines is 1. The van der Waals surface area contributed by atoms with Crippen LogP contribution in [-0.2, 0) is 16.0 Å². The van der Waals surface area contributed by atoms with Crippen molar-refractivity contribution in [3.05, 3.63) is 27.8 Å². The van der Waals surface area contributed by atoms with Gasteiger partial charge in [0.05, 0.1) is 17.0 Å². The number of carbonyl (C=O) groups is 2. The Bertz CT molecular complexity index is 946. The fourth-order valence-electron chi connectivity index (χ4n) is 4.51. The first-order valence-corrected chi connectivity index (χ1v) is 12.0. The number of rotatable bonds is 6. The maximum absolute atomic E-state index is 12.3. The maximum atomic E-state index is 12.3. The number of nitrogens with zero attached hydrogens (tertiary/aromatic N) is 2. The van der Waals surface area contributed by atoms with Gasteiger partial charge in [0.2, 0.25) is 5.91 Å². The zero-order chi connectivity index (χ0) is 22.7. The molecule has 2 saturated carbocycles. The van der Waals surface area contributed by atoms with Gasteiger partial charge in [-0.2, -0.15) is 5.10 Å². The standard InChI is InChI=1S/C22H31N5O4S/c1-13-23-12-17(32-13)10-20(28)25-19-11-18(26-27-19)14-3-4-16(9-14)31-21(29)24-15-5-7-22(2,30)8-6-15/h11-12,14-16,30H,3-10H2,1-2H3,(H,24,29)(H2,25,26,27,28)/t14-,15-,16?,22+/m1/s1. The minimum Gasteiger partial charge on any atom is -0.446 e. The monoisotopic (exact) mass is 461 g/mol. The number of aromatic nitrogens is 3. The van der Waals surface area contributed by atoms with Gasteiger partial charge in [-0.15, -0.1) is 11.3 Å². The number of H-pyrrole nitrogens is 1. The highest BCUT2D eigenvalue weighted by Crippen LogP contribution is 2.36. The van der Waals surface area contributed by atoms with E-state index in [0.29, 0.717) is 18.7 Å². The number of amides is 2. The second kappa shape index (κ2) is 9.58. The molecule has 2 atom stereocenters. The molecule has 2 heterocycles. The molecule has 0 aromatic carbocycles. The van der Waals surface area contributed by atoms with Gasteiger partial charge in [-0.3, -0.25) is 9.89 Å².